The van der Waals surface area contributed by atoms with Crippen LogP contribution in [0.1, 0.15) is 45.1 Å². The predicted molar refractivity (Wildman–Crippen MR) is 120 cm³/mol. The summed E-state index contributed by atoms with van der Waals surface area (Å²) in [7, 11) is -1.49. The summed E-state index contributed by atoms with van der Waals surface area (Å²) in [6, 6.07) is 1.41. The number of aromatic nitrogens is 3. The Morgan fingerprint density at radius 2 is 1.97 bits per heavy atom. The summed E-state index contributed by atoms with van der Waals surface area (Å²) in [6.45, 7) is 2.67. The molecule has 2 atom stereocenters. The average Bonchev–Trinajstić information content (AvgIpc) is 3.06. The Kier molecular flexibility index (Phi) is 5.69. The van der Waals surface area contributed by atoms with Crippen molar-refractivity contribution >= 4 is 32.7 Å². The molecule has 1 saturated heterocycles. The van der Waals surface area contributed by atoms with E-state index in [4.69, 9.17) is 0 Å². The van der Waals surface area contributed by atoms with E-state index in [1.807, 2.05) is 0 Å². The van der Waals surface area contributed by atoms with E-state index >= 15 is 0 Å². The molecule has 0 spiro atoms. The first-order valence-corrected chi connectivity index (χ1v) is 12.5. The number of aliphatic hydroxyl groups is 1. The van der Waals surface area contributed by atoms with Crippen LogP contribution in [0.5, 0.6) is 0 Å². The van der Waals surface area contributed by atoms with Gasteiger partial charge in [-0.15, -0.1) is 0 Å². The summed E-state index contributed by atoms with van der Waals surface area (Å²) in [4.78, 5) is 22.2. The zero-order valence-corrected chi connectivity index (χ0v) is 18.9. The number of rotatable bonds is 5. The quantitative estimate of drug-likeness (QED) is 0.619. The summed E-state index contributed by atoms with van der Waals surface area (Å²) in [5, 5.41) is 17.8. The molecule has 2 aliphatic rings. The Hall–Kier alpha value is -2.24. The minimum atomic E-state index is -3.18. The topological polar surface area (TPSA) is 129 Å². The van der Waals surface area contributed by atoms with E-state index in [0.29, 0.717) is 61.4 Å². The van der Waals surface area contributed by atoms with Crippen molar-refractivity contribution in [2.24, 2.45) is 0 Å². The van der Waals surface area contributed by atoms with Gasteiger partial charge in [-0.1, -0.05) is 0 Å². The molecule has 3 heterocycles. The van der Waals surface area contributed by atoms with Gasteiger partial charge in [-0.2, -0.15) is 4.98 Å². The second-order valence-electron chi connectivity index (χ2n) is 8.80. The molecule has 1 aliphatic carbocycles. The molecule has 0 amide bonds. The zero-order chi connectivity index (χ0) is 22.4. The minimum Gasteiger partial charge on any atom is -0.388 e. The minimum absolute atomic E-state index is 0.0433. The van der Waals surface area contributed by atoms with E-state index in [9.17, 15) is 18.3 Å². The Balaban J connectivity index is 1.67. The van der Waals surface area contributed by atoms with Gasteiger partial charge in [-0.3, -0.25) is 9.36 Å². The number of pyridine rings is 1. The van der Waals surface area contributed by atoms with Gasteiger partial charge in [-0.25, -0.2) is 17.7 Å². The van der Waals surface area contributed by atoms with Gasteiger partial charge in [0.1, 0.15) is 11.3 Å². The molecule has 2 aromatic rings. The Morgan fingerprint density at radius 1 is 1.26 bits per heavy atom. The fourth-order valence-electron chi connectivity index (χ4n) is 4.71. The lowest BCUT2D eigenvalue weighted by Gasteiger charge is -2.31. The maximum absolute atomic E-state index is 13.2. The molecule has 4 rings (SSSR count). The molecular formula is C20H30N6O4S. The average molecular weight is 451 g/mol. The van der Waals surface area contributed by atoms with Crippen molar-refractivity contribution in [3.63, 3.8) is 0 Å². The normalized spacial score (nSPS) is 25.7. The number of hydrogen-bond donors (Lipinski definition) is 3. The van der Waals surface area contributed by atoms with E-state index in [2.05, 4.69) is 20.6 Å². The fourth-order valence-corrected chi connectivity index (χ4v) is 5.58. The Labute approximate surface area is 181 Å². The molecule has 1 saturated carbocycles. The van der Waals surface area contributed by atoms with Crippen LogP contribution in [0.4, 0.5) is 11.6 Å². The van der Waals surface area contributed by atoms with Crippen LogP contribution in [-0.2, 0) is 10.0 Å². The summed E-state index contributed by atoms with van der Waals surface area (Å²) < 4.78 is 26.5. The predicted octanol–water partition coefficient (Wildman–Crippen LogP) is 1.15. The Morgan fingerprint density at radius 3 is 2.55 bits per heavy atom. The second-order valence-corrected chi connectivity index (χ2v) is 10.8. The van der Waals surface area contributed by atoms with Crippen LogP contribution < -0.4 is 16.2 Å². The third-order valence-electron chi connectivity index (χ3n) is 6.49. The molecular weight excluding hydrogens is 420 g/mol. The van der Waals surface area contributed by atoms with Gasteiger partial charge in [-0.05, 0) is 45.1 Å². The van der Waals surface area contributed by atoms with Crippen LogP contribution in [-0.4, -0.2) is 70.4 Å². The molecule has 2 aromatic heterocycles. The number of hydrogen-bond acceptors (Lipinski definition) is 8. The molecule has 1 aliphatic heterocycles. The fraction of sp³-hybridized carbons (Fsp3) is 0.650. The highest BCUT2D eigenvalue weighted by molar-refractivity contribution is 7.88. The number of nitrogens with zero attached hydrogens (tertiary/aromatic N) is 4. The van der Waals surface area contributed by atoms with Crippen molar-refractivity contribution in [1.29, 1.82) is 0 Å². The number of piperidine rings is 1. The SMILES string of the molecule is CNc1cc2cnc(NC3CCN(S(C)(=O)=O)CC3)nc2n([C@@H]2CCC[C@@]2(C)O)c1=O. The van der Waals surface area contributed by atoms with Crippen molar-refractivity contribution < 1.29 is 13.5 Å². The summed E-state index contributed by atoms with van der Waals surface area (Å²) >= 11 is 0. The third-order valence-corrected chi connectivity index (χ3v) is 7.79. The highest BCUT2D eigenvalue weighted by Crippen LogP contribution is 2.39. The van der Waals surface area contributed by atoms with Gasteiger partial charge in [0.15, 0.2) is 0 Å². The first kappa shape index (κ1) is 22.0. The van der Waals surface area contributed by atoms with Gasteiger partial charge >= 0.3 is 0 Å². The highest BCUT2D eigenvalue weighted by atomic mass is 32.2. The molecule has 31 heavy (non-hydrogen) atoms. The highest BCUT2D eigenvalue weighted by Gasteiger charge is 2.40. The molecule has 0 radical (unpaired) electrons. The number of fused-ring (bicyclic) bond motifs is 1. The summed E-state index contributed by atoms with van der Waals surface area (Å²) in [6.07, 6.45) is 6.37. The maximum atomic E-state index is 13.2. The van der Waals surface area contributed by atoms with E-state index in [1.165, 1.54) is 10.6 Å². The van der Waals surface area contributed by atoms with E-state index < -0.39 is 15.6 Å². The summed E-state index contributed by atoms with van der Waals surface area (Å²) in [5.74, 6) is 0.397. The van der Waals surface area contributed by atoms with Crippen molar-refractivity contribution in [3.8, 4) is 0 Å². The maximum Gasteiger partial charge on any atom is 0.275 e. The molecule has 170 valence electrons. The van der Waals surface area contributed by atoms with E-state index in [-0.39, 0.29) is 17.6 Å². The largest absolute Gasteiger partial charge is 0.388 e. The van der Waals surface area contributed by atoms with Crippen LogP contribution >= 0.6 is 0 Å². The van der Waals surface area contributed by atoms with Crippen molar-refractivity contribution in [1.82, 2.24) is 18.8 Å². The number of nitrogens with one attached hydrogen (secondary N) is 2. The van der Waals surface area contributed by atoms with Crippen LogP contribution in [0, 0.1) is 0 Å². The van der Waals surface area contributed by atoms with E-state index in [1.54, 1.807) is 30.8 Å². The van der Waals surface area contributed by atoms with Gasteiger partial charge in [0.05, 0.1) is 17.9 Å². The smallest absolute Gasteiger partial charge is 0.275 e. The monoisotopic (exact) mass is 450 g/mol. The zero-order valence-electron chi connectivity index (χ0n) is 18.1. The van der Waals surface area contributed by atoms with Crippen molar-refractivity contribution in [2.75, 3.05) is 37.0 Å². The van der Waals surface area contributed by atoms with Crippen LogP contribution in [0.2, 0.25) is 0 Å². The molecule has 11 heteroatoms. The summed E-state index contributed by atoms with van der Waals surface area (Å²) in [5.41, 5.74) is -0.275. The Bertz CT molecular complexity index is 1140. The standard InChI is InChI=1S/C20H30N6O4S/c1-20(28)8-4-5-16(20)26-17-13(11-15(21-2)18(26)27)12-22-19(24-17)23-14-6-9-25(10-7-14)31(3,29)30/h11-12,14,16,21,28H,4-10H2,1-3H3,(H,22,23,24)/t16-,20-/m1/s1. The lowest BCUT2D eigenvalue weighted by Crippen LogP contribution is -2.42. The molecule has 0 aromatic carbocycles. The first-order valence-electron chi connectivity index (χ1n) is 10.6. The molecule has 0 bridgehead atoms. The van der Waals surface area contributed by atoms with E-state index in [0.717, 1.165) is 6.42 Å². The van der Waals surface area contributed by atoms with Crippen molar-refractivity contribution in [3.05, 3.63) is 22.6 Å². The number of sulfonamides is 1. The van der Waals surface area contributed by atoms with Crippen LogP contribution in [0.15, 0.2) is 17.1 Å². The molecule has 0 unspecified atom stereocenters. The second kappa shape index (κ2) is 8.03. The van der Waals surface area contributed by atoms with Gasteiger partial charge in [0.2, 0.25) is 16.0 Å². The first-order chi connectivity index (χ1) is 14.6. The van der Waals surface area contributed by atoms with Gasteiger partial charge < -0.3 is 15.7 Å². The van der Waals surface area contributed by atoms with Crippen molar-refractivity contribution in [2.45, 2.75) is 56.7 Å². The van der Waals surface area contributed by atoms with Crippen LogP contribution in [0.3, 0.4) is 0 Å². The van der Waals surface area contributed by atoms with Crippen LogP contribution in [0.25, 0.3) is 11.0 Å². The molecule has 2 fully saturated rings. The lowest BCUT2D eigenvalue weighted by atomic mass is 10.00. The third kappa shape index (κ3) is 4.26. The number of anilines is 2. The molecule has 3 N–H and O–H groups in total. The lowest BCUT2D eigenvalue weighted by molar-refractivity contribution is 0.0267. The van der Waals surface area contributed by atoms with Gasteiger partial charge in [0, 0.05) is 37.8 Å². The molecule has 10 nitrogen and oxygen atoms in total. The van der Waals surface area contributed by atoms with Gasteiger partial charge in [0.25, 0.3) is 5.56 Å².